The number of halogens is 3. The minimum Gasteiger partial charge on any atom is -0.349 e. The second-order valence-corrected chi connectivity index (χ2v) is 5.51. The SMILES string of the molecule is Cc1ccccc1CC(=O)NC(C)c1ccc(C(F)(F)F)cc1. The molecule has 0 saturated heterocycles. The van der Waals surface area contributed by atoms with Gasteiger partial charge in [-0.2, -0.15) is 13.2 Å². The van der Waals surface area contributed by atoms with Gasteiger partial charge in [-0.3, -0.25) is 4.79 Å². The van der Waals surface area contributed by atoms with Gasteiger partial charge in [0.25, 0.3) is 0 Å². The normalized spacial score (nSPS) is 12.7. The molecule has 0 bridgehead atoms. The number of rotatable bonds is 4. The third-order valence-corrected chi connectivity index (χ3v) is 3.73. The predicted octanol–water partition coefficient (Wildman–Crippen LogP) is 4.43. The van der Waals surface area contributed by atoms with Crippen molar-refractivity contribution >= 4 is 5.91 Å². The van der Waals surface area contributed by atoms with Crippen LogP contribution in [0.2, 0.25) is 0 Å². The summed E-state index contributed by atoms with van der Waals surface area (Å²) in [7, 11) is 0. The van der Waals surface area contributed by atoms with Crippen molar-refractivity contribution in [2.75, 3.05) is 0 Å². The van der Waals surface area contributed by atoms with Gasteiger partial charge in [0.1, 0.15) is 0 Å². The Hall–Kier alpha value is -2.30. The Morgan fingerprint density at radius 1 is 1.09 bits per heavy atom. The molecule has 2 aromatic carbocycles. The smallest absolute Gasteiger partial charge is 0.349 e. The highest BCUT2D eigenvalue weighted by molar-refractivity contribution is 5.79. The summed E-state index contributed by atoms with van der Waals surface area (Å²) in [5, 5.41) is 2.81. The minimum atomic E-state index is -4.35. The molecule has 1 amide bonds. The number of benzene rings is 2. The Labute approximate surface area is 133 Å². The van der Waals surface area contributed by atoms with Crippen LogP contribution in [0.5, 0.6) is 0 Å². The second kappa shape index (κ2) is 6.86. The minimum absolute atomic E-state index is 0.160. The zero-order chi connectivity index (χ0) is 17.0. The van der Waals surface area contributed by atoms with Gasteiger partial charge in [-0.25, -0.2) is 0 Å². The first-order chi connectivity index (χ1) is 10.8. The molecule has 122 valence electrons. The number of aryl methyl sites for hydroxylation is 1. The van der Waals surface area contributed by atoms with Gasteiger partial charge in [-0.1, -0.05) is 36.4 Å². The average Bonchev–Trinajstić information content (AvgIpc) is 2.49. The summed E-state index contributed by atoms with van der Waals surface area (Å²) in [4.78, 5) is 12.1. The van der Waals surface area contributed by atoms with Crippen LogP contribution in [0.3, 0.4) is 0 Å². The predicted molar refractivity (Wildman–Crippen MR) is 82.9 cm³/mol. The molecule has 23 heavy (non-hydrogen) atoms. The lowest BCUT2D eigenvalue weighted by Gasteiger charge is -2.16. The van der Waals surface area contributed by atoms with Gasteiger partial charge in [0, 0.05) is 0 Å². The molecular weight excluding hydrogens is 303 g/mol. The van der Waals surface area contributed by atoms with Crippen LogP contribution in [-0.2, 0) is 17.4 Å². The molecule has 0 aliphatic carbocycles. The van der Waals surface area contributed by atoms with Gasteiger partial charge < -0.3 is 5.32 Å². The molecule has 0 fully saturated rings. The maximum absolute atomic E-state index is 12.5. The number of hydrogen-bond donors (Lipinski definition) is 1. The largest absolute Gasteiger partial charge is 0.416 e. The van der Waals surface area contributed by atoms with Crippen LogP contribution < -0.4 is 5.32 Å². The summed E-state index contributed by atoms with van der Waals surface area (Å²) in [5.74, 6) is -0.160. The molecule has 0 heterocycles. The van der Waals surface area contributed by atoms with Crippen LogP contribution >= 0.6 is 0 Å². The third-order valence-electron chi connectivity index (χ3n) is 3.73. The molecule has 0 spiro atoms. The lowest BCUT2D eigenvalue weighted by Crippen LogP contribution is -2.28. The first-order valence-electron chi connectivity index (χ1n) is 7.28. The Kier molecular flexibility index (Phi) is 5.08. The standard InChI is InChI=1S/C18H18F3NO/c1-12-5-3-4-6-15(12)11-17(23)22-13(2)14-7-9-16(10-8-14)18(19,20)21/h3-10,13H,11H2,1-2H3,(H,22,23). The van der Waals surface area contributed by atoms with E-state index in [4.69, 9.17) is 0 Å². The number of amides is 1. The fourth-order valence-corrected chi connectivity index (χ4v) is 2.32. The Morgan fingerprint density at radius 2 is 1.70 bits per heavy atom. The highest BCUT2D eigenvalue weighted by Crippen LogP contribution is 2.29. The monoisotopic (exact) mass is 321 g/mol. The van der Waals surface area contributed by atoms with Crippen LogP contribution in [0.4, 0.5) is 13.2 Å². The highest BCUT2D eigenvalue weighted by atomic mass is 19.4. The van der Waals surface area contributed by atoms with E-state index in [2.05, 4.69) is 5.32 Å². The van der Waals surface area contributed by atoms with Crippen molar-refractivity contribution in [2.24, 2.45) is 0 Å². The quantitative estimate of drug-likeness (QED) is 0.886. The molecule has 2 nitrogen and oxygen atoms in total. The van der Waals surface area contributed by atoms with Crippen LogP contribution in [0.15, 0.2) is 48.5 Å². The van der Waals surface area contributed by atoms with Crippen LogP contribution in [0.25, 0.3) is 0 Å². The topological polar surface area (TPSA) is 29.1 Å². The van der Waals surface area contributed by atoms with Crippen molar-refractivity contribution in [1.82, 2.24) is 5.32 Å². The van der Waals surface area contributed by atoms with Crippen molar-refractivity contribution < 1.29 is 18.0 Å². The summed E-state index contributed by atoms with van der Waals surface area (Å²) in [6.45, 7) is 3.68. The van der Waals surface area contributed by atoms with Crippen molar-refractivity contribution in [2.45, 2.75) is 32.5 Å². The highest BCUT2D eigenvalue weighted by Gasteiger charge is 2.30. The number of nitrogens with one attached hydrogen (secondary N) is 1. The fraction of sp³-hybridized carbons (Fsp3) is 0.278. The first kappa shape index (κ1) is 17.1. The van der Waals surface area contributed by atoms with E-state index in [9.17, 15) is 18.0 Å². The zero-order valence-electron chi connectivity index (χ0n) is 12.9. The summed E-state index contributed by atoms with van der Waals surface area (Å²) in [5.41, 5.74) is 1.91. The van der Waals surface area contributed by atoms with E-state index < -0.39 is 11.7 Å². The molecule has 2 aromatic rings. The summed E-state index contributed by atoms with van der Waals surface area (Å²) in [6.07, 6.45) is -4.10. The molecule has 5 heteroatoms. The van der Waals surface area contributed by atoms with Crippen molar-refractivity contribution in [1.29, 1.82) is 0 Å². The molecule has 1 atom stereocenters. The Morgan fingerprint density at radius 3 is 2.26 bits per heavy atom. The van der Waals surface area contributed by atoms with E-state index in [1.807, 2.05) is 31.2 Å². The van der Waals surface area contributed by atoms with Crippen LogP contribution in [0, 0.1) is 6.92 Å². The fourth-order valence-electron chi connectivity index (χ4n) is 2.32. The van der Waals surface area contributed by atoms with E-state index >= 15 is 0 Å². The molecule has 0 saturated carbocycles. The first-order valence-corrected chi connectivity index (χ1v) is 7.28. The van der Waals surface area contributed by atoms with Gasteiger partial charge in [0.15, 0.2) is 0 Å². The van der Waals surface area contributed by atoms with Gasteiger partial charge in [0.05, 0.1) is 18.0 Å². The van der Waals surface area contributed by atoms with E-state index in [1.165, 1.54) is 12.1 Å². The molecule has 1 unspecified atom stereocenters. The average molecular weight is 321 g/mol. The van der Waals surface area contributed by atoms with Crippen molar-refractivity contribution in [3.8, 4) is 0 Å². The second-order valence-electron chi connectivity index (χ2n) is 5.51. The van der Waals surface area contributed by atoms with Gasteiger partial charge in [-0.15, -0.1) is 0 Å². The maximum Gasteiger partial charge on any atom is 0.416 e. The van der Waals surface area contributed by atoms with E-state index in [0.717, 1.165) is 23.3 Å². The number of hydrogen-bond acceptors (Lipinski definition) is 1. The lowest BCUT2D eigenvalue weighted by atomic mass is 10.0. The van der Waals surface area contributed by atoms with Gasteiger partial charge in [0.2, 0.25) is 5.91 Å². The van der Waals surface area contributed by atoms with Crippen LogP contribution in [-0.4, -0.2) is 5.91 Å². The number of carbonyl (C=O) groups excluding carboxylic acids is 1. The Bertz CT molecular complexity index is 677. The Balaban J connectivity index is 2.00. The zero-order valence-corrected chi connectivity index (χ0v) is 12.9. The van der Waals surface area contributed by atoms with Crippen LogP contribution in [0.1, 0.15) is 35.2 Å². The number of carbonyl (C=O) groups is 1. The van der Waals surface area contributed by atoms with Crippen molar-refractivity contribution in [3.63, 3.8) is 0 Å². The molecule has 1 N–H and O–H groups in total. The summed E-state index contributed by atoms with van der Waals surface area (Å²) >= 11 is 0. The number of alkyl halides is 3. The van der Waals surface area contributed by atoms with E-state index in [0.29, 0.717) is 5.56 Å². The molecule has 0 radical (unpaired) electrons. The summed E-state index contributed by atoms with van der Waals surface area (Å²) in [6, 6.07) is 12.1. The molecule has 0 aromatic heterocycles. The molecule has 0 aliphatic heterocycles. The van der Waals surface area contributed by atoms with E-state index in [-0.39, 0.29) is 18.4 Å². The van der Waals surface area contributed by atoms with Gasteiger partial charge >= 0.3 is 6.18 Å². The summed E-state index contributed by atoms with van der Waals surface area (Å²) < 4.78 is 37.6. The maximum atomic E-state index is 12.5. The van der Waals surface area contributed by atoms with Crippen molar-refractivity contribution in [3.05, 3.63) is 70.8 Å². The molecule has 2 rings (SSSR count). The molecular formula is C18H18F3NO. The lowest BCUT2D eigenvalue weighted by molar-refractivity contribution is -0.137. The third kappa shape index (κ3) is 4.58. The molecule has 0 aliphatic rings. The van der Waals surface area contributed by atoms with E-state index in [1.54, 1.807) is 6.92 Å². The van der Waals surface area contributed by atoms with Gasteiger partial charge in [-0.05, 0) is 42.7 Å².